The van der Waals surface area contributed by atoms with Gasteiger partial charge >= 0.3 is 0 Å². The van der Waals surface area contributed by atoms with E-state index in [0.717, 1.165) is 32.2 Å². The third-order valence-electron chi connectivity index (χ3n) is 13.1. The topological polar surface area (TPSA) is 90.5 Å². The molecule has 0 fully saturated rings. The van der Waals surface area contributed by atoms with E-state index in [0.29, 0.717) is 42.3 Å². The summed E-state index contributed by atoms with van der Waals surface area (Å²) >= 11 is 0. The number of hydrogen-bond donors (Lipinski definition) is 4. The van der Waals surface area contributed by atoms with Crippen LogP contribution in [0.5, 0.6) is 0 Å². The van der Waals surface area contributed by atoms with Gasteiger partial charge in [-0.3, -0.25) is 9.59 Å². The maximum Gasteiger partial charge on any atom is 0.253 e. The van der Waals surface area contributed by atoms with Crippen LogP contribution in [0.3, 0.4) is 0 Å². The van der Waals surface area contributed by atoms with E-state index in [1.807, 2.05) is 0 Å². The van der Waals surface area contributed by atoms with Crippen LogP contribution >= 0.6 is 0 Å². The summed E-state index contributed by atoms with van der Waals surface area (Å²) in [6, 6.07) is 0.581. The third kappa shape index (κ3) is 29.8. The number of aliphatic hydroxyl groups is 1. The number of unbranched alkanes of at least 4 members (excludes halogenated alkanes) is 28. The summed E-state index contributed by atoms with van der Waals surface area (Å²) < 4.78 is 0. The normalized spacial score (nSPS) is 13.9. The molecule has 4 atom stereocenters. The monoisotopic (exact) mass is 816 g/mol. The van der Waals surface area contributed by atoms with Gasteiger partial charge in [-0.2, -0.15) is 0 Å². The Bertz CT molecular complexity index is 1080. The minimum Gasteiger partial charge on any atom is -0.391 e. The van der Waals surface area contributed by atoms with Gasteiger partial charge in [0.1, 0.15) is 11.4 Å². The summed E-state index contributed by atoms with van der Waals surface area (Å²) in [6.07, 6.45) is 46.4. The zero-order valence-electron chi connectivity index (χ0n) is 39.7. The van der Waals surface area contributed by atoms with Gasteiger partial charge in [0, 0.05) is 19.1 Å². The van der Waals surface area contributed by atoms with Gasteiger partial charge < -0.3 is 21.1 Å². The maximum absolute atomic E-state index is 12.5. The van der Waals surface area contributed by atoms with E-state index >= 15 is 0 Å². The molecule has 0 aromatic heterocycles. The van der Waals surface area contributed by atoms with Crippen molar-refractivity contribution in [1.29, 1.82) is 0 Å². The van der Waals surface area contributed by atoms with Gasteiger partial charge in [-0.1, -0.05) is 233 Å². The minimum atomic E-state index is -0.543. The lowest BCUT2D eigenvalue weighted by Gasteiger charge is -2.27. The van der Waals surface area contributed by atoms with Gasteiger partial charge in [-0.25, -0.2) is 0 Å². The predicted octanol–water partition coefficient (Wildman–Crippen LogP) is 14.8. The molecule has 0 aliphatic heterocycles. The quantitative estimate of drug-likeness (QED) is 0.0387. The number of nitrogens with one attached hydrogen (secondary N) is 3. The van der Waals surface area contributed by atoms with Gasteiger partial charge in [-0.15, -0.1) is 0 Å². The zero-order valence-corrected chi connectivity index (χ0v) is 39.7. The number of hydrogen-bond acceptors (Lipinski definition) is 6. The molecule has 58 heavy (non-hydrogen) atoms. The summed E-state index contributed by atoms with van der Waals surface area (Å²) in [5, 5.41) is 21.5. The summed E-state index contributed by atoms with van der Waals surface area (Å²) in [7, 11) is 0. The van der Waals surface area contributed by atoms with Crippen molar-refractivity contribution in [1.82, 2.24) is 5.32 Å². The second kappa shape index (κ2) is 39.7. The molecule has 0 aliphatic rings. The van der Waals surface area contributed by atoms with E-state index in [1.54, 1.807) is 0 Å². The van der Waals surface area contributed by atoms with Gasteiger partial charge in [-0.05, 0) is 51.0 Å². The van der Waals surface area contributed by atoms with E-state index in [-0.39, 0.29) is 0 Å². The van der Waals surface area contributed by atoms with E-state index < -0.39 is 17.0 Å². The number of aliphatic hydroxyl groups excluding tert-OH is 1. The van der Waals surface area contributed by atoms with Crippen molar-refractivity contribution >= 4 is 11.4 Å². The molecule has 0 heterocycles. The molecule has 4 N–H and O–H groups in total. The molecule has 0 saturated carbocycles. The first kappa shape index (κ1) is 54.6. The Balaban J connectivity index is 2.45. The predicted molar refractivity (Wildman–Crippen MR) is 258 cm³/mol. The van der Waals surface area contributed by atoms with E-state index in [4.69, 9.17) is 0 Å². The highest BCUT2D eigenvalue weighted by molar-refractivity contribution is 5.73. The fourth-order valence-electron chi connectivity index (χ4n) is 8.95. The van der Waals surface area contributed by atoms with Gasteiger partial charge in [0.15, 0.2) is 0 Å². The molecule has 0 bridgehead atoms. The minimum absolute atomic E-state index is 0.317. The van der Waals surface area contributed by atoms with Crippen molar-refractivity contribution in [2.24, 2.45) is 11.8 Å². The Hall–Kier alpha value is -1.40. The van der Waals surface area contributed by atoms with Crippen LogP contribution in [0.15, 0.2) is 9.59 Å². The molecular formula is C52H101N3O3. The molecule has 342 valence electrons. The summed E-state index contributed by atoms with van der Waals surface area (Å²) in [5.41, 5.74) is -0.0602. The first-order valence-electron chi connectivity index (χ1n) is 26.1. The summed E-state index contributed by atoms with van der Waals surface area (Å²) in [5.74, 6) is 1.03. The second-order valence-electron chi connectivity index (χ2n) is 18.8. The summed E-state index contributed by atoms with van der Waals surface area (Å²) in [4.78, 5) is 24.9. The molecule has 6 nitrogen and oxygen atoms in total. The molecule has 0 amide bonds. The van der Waals surface area contributed by atoms with Crippen molar-refractivity contribution in [3.63, 3.8) is 0 Å². The first-order valence-corrected chi connectivity index (χ1v) is 26.1. The first-order chi connectivity index (χ1) is 28.3. The highest BCUT2D eigenvalue weighted by Crippen LogP contribution is 2.29. The Kier molecular flexibility index (Phi) is 37.4. The van der Waals surface area contributed by atoms with Crippen molar-refractivity contribution in [2.75, 3.05) is 30.3 Å². The van der Waals surface area contributed by atoms with E-state index in [9.17, 15) is 14.7 Å². The van der Waals surface area contributed by atoms with Crippen LogP contribution in [0.4, 0.5) is 11.4 Å². The van der Waals surface area contributed by atoms with Crippen LogP contribution in [-0.2, 0) is 0 Å². The van der Waals surface area contributed by atoms with Gasteiger partial charge in [0.25, 0.3) is 10.9 Å². The molecule has 0 aliphatic carbocycles. The SMILES string of the molecule is CCCCCCCCCCCCNc1c(NCC(O)CC(CCCCNC(C)CCCCCCCCCCCC)C(C)CCCCCCCCCCCC)c(=O)c1=O. The molecule has 4 unspecified atom stereocenters. The highest BCUT2D eigenvalue weighted by atomic mass is 16.3. The average Bonchev–Trinajstić information content (AvgIpc) is 3.22. The standard InChI is InChI=1S/C52H101N3O3/c1-6-9-12-15-18-21-24-27-30-33-38-45(4)47(40-35-37-41-53-46(5)39-34-31-28-25-22-19-16-13-10-7-2)43-48(56)44-55-50-49(51(57)52(50)58)54-42-36-32-29-26-23-20-17-14-11-8-3/h45-48,53-56H,6-44H2,1-5H3. The molecule has 0 saturated heterocycles. The molecular weight excluding hydrogens is 715 g/mol. The molecule has 0 radical (unpaired) electrons. The van der Waals surface area contributed by atoms with Crippen LogP contribution in [0.25, 0.3) is 0 Å². The van der Waals surface area contributed by atoms with Crippen LogP contribution in [0.1, 0.15) is 266 Å². The van der Waals surface area contributed by atoms with Gasteiger partial charge in [0.2, 0.25) is 0 Å². The van der Waals surface area contributed by atoms with Crippen LogP contribution in [-0.4, -0.2) is 36.9 Å². The Labute approximate surface area is 361 Å². The number of rotatable bonds is 46. The van der Waals surface area contributed by atoms with Crippen LogP contribution < -0.4 is 26.8 Å². The van der Waals surface area contributed by atoms with Crippen molar-refractivity contribution in [3.05, 3.63) is 20.4 Å². The second-order valence-corrected chi connectivity index (χ2v) is 18.8. The lowest BCUT2D eigenvalue weighted by atomic mass is 9.81. The van der Waals surface area contributed by atoms with E-state index in [1.165, 1.54) is 205 Å². The molecule has 1 rings (SSSR count). The van der Waals surface area contributed by atoms with Crippen molar-refractivity contribution < 1.29 is 5.11 Å². The largest absolute Gasteiger partial charge is 0.391 e. The zero-order chi connectivity index (χ0) is 42.3. The smallest absolute Gasteiger partial charge is 0.253 e. The van der Waals surface area contributed by atoms with Gasteiger partial charge in [0.05, 0.1) is 6.10 Å². The molecule has 1 aromatic rings. The Morgan fingerprint density at radius 3 is 1.26 bits per heavy atom. The maximum atomic E-state index is 12.5. The molecule has 0 spiro atoms. The Morgan fingerprint density at radius 2 is 0.793 bits per heavy atom. The number of anilines is 2. The lowest BCUT2D eigenvalue weighted by molar-refractivity contribution is 0.128. The Morgan fingerprint density at radius 1 is 0.431 bits per heavy atom. The molecule has 1 aromatic carbocycles. The van der Waals surface area contributed by atoms with Crippen molar-refractivity contribution in [3.8, 4) is 0 Å². The summed E-state index contributed by atoms with van der Waals surface area (Å²) in [6.45, 7) is 13.7. The fourth-order valence-corrected chi connectivity index (χ4v) is 8.95. The highest BCUT2D eigenvalue weighted by Gasteiger charge is 2.24. The third-order valence-corrected chi connectivity index (χ3v) is 13.1. The van der Waals surface area contributed by atoms with Crippen LogP contribution in [0.2, 0.25) is 0 Å². The van der Waals surface area contributed by atoms with Crippen LogP contribution in [0, 0.1) is 11.8 Å². The molecule has 6 heteroatoms. The van der Waals surface area contributed by atoms with E-state index in [2.05, 4.69) is 50.6 Å². The lowest BCUT2D eigenvalue weighted by Crippen LogP contribution is -2.39. The fraction of sp³-hybridized carbons (Fsp3) is 0.923. The van der Waals surface area contributed by atoms with Crippen molar-refractivity contribution in [2.45, 2.75) is 278 Å². The average molecular weight is 816 g/mol.